The molecule has 0 radical (unpaired) electrons. The third-order valence-electron chi connectivity index (χ3n) is 3.82. The fraction of sp³-hybridized carbons (Fsp3) is 0.571. The number of nitro benzene ring substituents is 1. The molecule has 1 saturated heterocycles. The monoisotopic (exact) mass is 333 g/mol. The van der Waals surface area contributed by atoms with E-state index in [2.05, 4.69) is 4.90 Å². The van der Waals surface area contributed by atoms with E-state index in [9.17, 15) is 23.3 Å². The molecule has 0 bridgehead atoms. The number of nitro groups is 1. The van der Waals surface area contributed by atoms with Crippen LogP contribution in [-0.4, -0.2) is 56.3 Å². The molecule has 0 unspecified atom stereocenters. The Bertz CT molecular complexity index is 558. The summed E-state index contributed by atoms with van der Waals surface area (Å²) in [5, 5.41) is 10.7. The van der Waals surface area contributed by atoms with Gasteiger partial charge >= 0.3 is 6.18 Å². The van der Waals surface area contributed by atoms with Crippen molar-refractivity contribution in [3.63, 3.8) is 0 Å². The van der Waals surface area contributed by atoms with Gasteiger partial charge in [0.05, 0.1) is 17.1 Å². The van der Waals surface area contributed by atoms with Gasteiger partial charge in [-0.05, 0) is 6.07 Å². The SMILES string of the molecule is COCCN1CCN(c2ccc([N+](=O)[O-])cc2C(F)(F)F)CC1. The van der Waals surface area contributed by atoms with Crippen molar-refractivity contribution in [1.29, 1.82) is 0 Å². The van der Waals surface area contributed by atoms with Gasteiger partial charge in [-0.25, -0.2) is 0 Å². The minimum atomic E-state index is -4.63. The normalized spacial score (nSPS) is 16.6. The molecule has 9 heteroatoms. The zero-order valence-electron chi connectivity index (χ0n) is 12.7. The van der Waals surface area contributed by atoms with E-state index in [-0.39, 0.29) is 5.69 Å². The van der Waals surface area contributed by atoms with Crippen LogP contribution >= 0.6 is 0 Å². The number of piperazine rings is 1. The highest BCUT2D eigenvalue weighted by molar-refractivity contribution is 5.59. The number of halogens is 3. The molecule has 6 nitrogen and oxygen atoms in total. The first-order valence-corrected chi connectivity index (χ1v) is 7.15. The van der Waals surface area contributed by atoms with Gasteiger partial charge in [-0.3, -0.25) is 15.0 Å². The van der Waals surface area contributed by atoms with E-state index in [0.717, 1.165) is 12.6 Å². The van der Waals surface area contributed by atoms with Gasteiger partial charge in [-0.1, -0.05) is 0 Å². The Labute approximate surface area is 131 Å². The number of rotatable bonds is 5. The average molecular weight is 333 g/mol. The zero-order valence-corrected chi connectivity index (χ0v) is 12.7. The summed E-state index contributed by atoms with van der Waals surface area (Å²) in [5.41, 5.74) is -1.52. The predicted molar refractivity (Wildman–Crippen MR) is 78.6 cm³/mol. The molecule has 1 heterocycles. The third kappa shape index (κ3) is 4.32. The molecule has 1 aliphatic heterocycles. The van der Waals surface area contributed by atoms with Gasteiger partial charge in [0.25, 0.3) is 5.69 Å². The van der Waals surface area contributed by atoms with Gasteiger partial charge in [-0.2, -0.15) is 13.2 Å². The van der Waals surface area contributed by atoms with Crippen LogP contribution in [0.3, 0.4) is 0 Å². The lowest BCUT2D eigenvalue weighted by molar-refractivity contribution is -0.385. The van der Waals surface area contributed by atoms with Crippen LogP contribution in [0.15, 0.2) is 18.2 Å². The van der Waals surface area contributed by atoms with Gasteiger partial charge < -0.3 is 9.64 Å². The molecule has 0 N–H and O–H groups in total. The summed E-state index contributed by atoms with van der Waals surface area (Å²) in [6.07, 6.45) is -4.63. The summed E-state index contributed by atoms with van der Waals surface area (Å²) in [6.45, 7) is 3.42. The molecule has 0 amide bonds. The van der Waals surface area contributed by atoms with Gasteiger partial charge in [0.15, 0.2) is 0 Å². The van der Waals surface area contributed by atoms with Crippen LogP contribution in [0.2, 0.25) is 0 Å². The van der Waals surface area contributed by atoms with E-state index in [1.807, 2.05) is 0 Å². The van der Waals surface area contributed by atoms with E-state index in [0.29, 0.717) is 38.9 Å². The Hall–Kier alpha value is -1.87. The number of methoxy groups -OCH3 is 1. The number of hydrogen-bond acceptors (Lipinski definition) is 5. The molecule has 23 heavy (non-hydrogen) atoms. The molecule has 1 fully saturated rings. The van der Waals surface area contributed by atoms with Crippen molar-refractivity contribution in [2.75, 3.05) is 51.3 Å². The fourth-order valence-corrected chi connectivity index (χ4v) is 2.57. The number of anilines is 1. The van der Waals surface area contributed by atoms with Crippen LogP contribution in [0.5, 0.6) is 0 Å². The molecule has 0 atom stereocenters. The van der Waals surface area contributed by atoms with Crippen LogP contribution in [0.1, 0.15) is 5.56 Å². The minimum Gasteiger partial charge on any atom is -0.383 e. The minimum absolute atomic E-state index is 0.00510. The topological polar surface area (TPSA) is 58.8 Å². The lowest BCUT2D eigenvalue weighted by Gasteiger charge is -2.37. The second-order valence-electron chi connectivity index (χ2n) is 5.28. The maximum absolute atomic E-state index is 13.2. The molecule has 128 valence electrons. The molecule has 0 aliphatic carbocycles. The van der Waals surface area contributed by atoms with Crippen LogP contribution in [0.25, 0.3) is 0 Å². The van der Waals surface area contributed by atoms with Crippen molar-refractivity contribution in [3.8, 4) is 0 Å². The van der Waals surface area contributed by atoms with Crippen molar-refractivity contribution in [3.05, 3.63) is 33.9 Å². The Morgan fingerprint density at radius 1 is 1.26 bits per heavy atom. The van der Waals surface area contributed by atoms with E-state index in [1.165, 1.54) is 6.07 Å². The second-order valence-corrected chi connectivity index (χ2v) is 5.28. The molecule has 0 spiro atoms. The smallest absolute Gasteiger partial charge is 0.383 e. The molecular formula is C14H18F3N3O3. The molecule has 0 aromatic heterocycles. The maximum Gasteiger partial charge on any atom is 0.418 e. The van der Waals surface area contributed by atoms with Gasteiger partial charge in [0.1, 0.15) is 0 Å². The highest BCUT2D eigenvalue weighted by Crippen LogP contribution is 2.39. The first-order valence-electron chi connectivity index (χ1n) is 7.15. The van der Waals surface area contributed by atoms with Crippen molar-refractivity contribution in [1.82, 2.24) is 4.90 Å². The van der Waals surface area contributed by atoms with Gasteiger partial charge in [0.2, 0.25) is 0 Å². The molecule has 1 aromatic carbocycles. The quantitative estimate of drug-likeness (QED) is 0.612. The maximum atomic E-state index is 13.2. The fourth-order valence-electron chi connectivity index (χ4n) is 2.57. The summed E-state index contributed by atoms with van der Waals surface area (Å²) in [5.74, 6) is 0. The number of non-ortho nitro benzene ring substituents is 1. The number of benzene rings is 1. The number of alkyl halides is 3. The summed E-state index contributed by atoms with van der Waals surface area (Å²) in [7, 11) is 1.60. The van der Waals surface area contributed by atoms with E-state index in [1.54, 1.807) is 12.0 Å². The average Bonchev–Trinajstić information content (AvgIpc) is 2.52. The number of hydrogen-bond donors (Lipinski definition) is 0. The van der Waals surface area contributed by atoms with Gasteiger partial charge in [0, 0.05) is 57.7 Å². The standard InChI is InChI=1S/C14H18F3N3O3/c1-23-9-8-18-4-6-19(7-5-18)13-3-2-11(20(21)22)10-12(13)14(15,16)17/h2-3,10H,4-9H2,1H3. The first kappa shape index (κ1) is 17.5. The second kappa shape index (κ2) is 7.14. The van der Waals surface area contributed by atoms with Crippen LogP contribution in [-0.2, 0) is 10.9 Å². The van der Waals surface area contributed by atoms with Crippen molar-refractivity contribution >= 4 is 11.4 Å². The number of ether oxygens (including phenoxy) is 1. The predicted octanol–water partition coefficient (Wildman–Crippen LogP) is 2.38. The summed E-state index contributed by atoms with van der Waals surface area (Å²) in [6, 6.07) is 2.90. The van der Waals surface area contributed by atoms with Crippen LogP contribution in [0, 0.1) is 10.1 Å². The van der Waals surface area contributed by atoms with E-state index < -0.39 is 22.4 Å². The molecular weight excluding hydrogens is 315 g/mol. The molecule has 1 aromatic rings. The van der Waals surface area contributed by atoms with Crippen LogP contribution in [0.4, 0.5) is 24.5 Å². The highest BCUT2D eigenvalue weighted by Gasteiger charge is 2.37. The summed E-state index contributed by atoms with van der Waals surface area (Å²) < 4.78 is 44.6. The van der Waals surface area contributed by atoms with Crippen molar-refractivity contribution in [2.24, 2.45) is 0 Å². The van der Waals surface area contributed by atoms with Crippen molar-refractivity contribution in [2.45, 2.75) is 6.18 Å². The largest absolute Gasteiger partial charge is 0.418 e. The third-order valence-corrected chi connectivity index (χ3v) is 3.82. The highest BCUT2D eigenvalue weighted by atomic mass is 19.4. The Kier molecular flexibility index (Phi) is 5.42. The summed E-state index contributed by atoms with van der Waals surface area (Å²) in [4.78, 5) is 13.6. The first-order chi connectivity index (χ1) is 10.8. The number of nitrogens with zero attached hydrogens (tertiary/aromatic N) is 3. The van der Waals surface area contributed by atoms with E-state index in [4.69, 9.17) is 4.74 Å². The Morgan fingerprint density at radius 2 is 1.91 bits per heavy atom. The molecule has 1 aliphatic rings. The van der Waals surface area contributed by atoms with Crippen LogP contribution < -0.4 is 4.90 Å². The Morgan fingerprint density at radius 3 is 2.43 bits per heavy atom. The molecule has 0 saturated carbocycles. The Balaban J connectivity index is 2.18. The van der Waals surface area contributed by atoms with E-state index >= 15 is 0 Å². The zero-order chi connectivity index (χ0) is 17.0. The lowest BCUT2D eigenvalue weighted by Crippen LogP contribution is -2.47. The van der Waals surface area contributed by atoms with Crippen molar-refractivity contribution < 1.29 is 22.8 Å². The molecule has 2 rings (SSSR count). The van der Waals surface area contributed by atoms with Gasteiger partial charge in [-0.15, -0.1) is 0 Å². The lowest BCUT2D eigenvalue weighted by atomic mass is 10.1. The summed E-state index contributed by atoms with van der Waals surface area (Å²) >= 11 is 0.